The van der Waals surface area contributed by atoms with E-state index in [0.717, 1.165) is 55.2 Å². The molecular formula is C24H27F2NO4. The van der Waals surface area contributed by atoms with E-state index in [-0.39, 0.29) is 18.2 Å². The molecule has 0 spiro atoms. The van der Waals surface area contributed by atoms with E-state index in [2.05, 4.69) is 0 Å². The van der Waals surface area contributed by atoms with Gasteiger partial charge in [0.2, 0.25) is 5.91 Å². The van der Waals surface area contributed by atoms with E-state index in [1.165, 1.54) is 0 Å². The second kappa shape index (κ2) is 8.83. The number of rotatable bonds is 5. The maximum absolute atomic E-state index is 13.6. The van der Waals surface area contributed by atoms with Crippen LogP contribution in [0.15, 0.2) is 42.5 Å². The lowest BCUT2D eigenvalue weighted by Gasteiger charge is -2.40. The number of likely N-dealkylation sites (tertiary alicyclic amines) is 1. The van der Waals surface area contributed by atoms with Gasteiger partial charge in [-0.15, -0.1) is 0 Å². The second-order valence-electron chi connectivity index (χ2n) is 8.39. The minimum Gasteiger partial charge on any atom is -0.497 e. The molecule has 1 N–H and O–H groups in total. The molecule has 0 radical (unpaired) electrons. The van der Waals surface area contributed by atoms with Gasteiger partial charge in [-0.25, -0.2) is 8.78 Å². The highest BCUT2D eigenvalue weighted by Crippen LogP contribution is 2.43. The van der Waals surface area contributed by atoms with Crippen molar-refractivity contribution in [3.05, 3.63) is 59.7 Å². The van der Waals surface area contributed by atoms with Crippen LogP contribution in [0.5, 0.6) is 11.5 Å². The van der Waals surface area contributed by atoms with E-state index in [1.807, 2.05) is 24.3 Å². The summed E-state index contributed by atoms with van der Waals surface area (Å²) < 4.78 is 37.7. The predicted molar refractivity (Wildman–Crippen MR) is 111 cm³/mol. The van der Waals surface area contributed by atoms with Crippen LogP contribution < -0.4 is 9.47 Å². The Bertz CT molecular complexity index is 907. The number of aliphatic hydroxyl groups is 1. The first-order valence-electron chi connectivity index (χ1n) is 10.7. The summed E-state index contributed by atoms with van der Waals surface area (Å²) in [5.74, 6) is -0.678. The van der Waals surface area contributed by atoms with Crippen LogP contribution in [-0.2, 0) is 10.2 Å². The average molecular weight is 431 g/mol. The van der Waals surface area contributed by atoms with Crippen molar-refractivity contribution >= 4 is 5.91 Å². The molecule has 1 aliphatic carbocycles. The number of β-amino-alcohol motifs (C(OH)–C–C–N with tert-alkyl or cyclic N) is 1. The first-order valence-corrected chi connectivity index (χ1v) is 10.7. The lowest BCUT2D eigenvalue weighted by molar-refractivity contribution is -0.143. The summed E-state index contributed by atoms with van der Waals surface area (Å²) in [6.07, 6.45) is 2.30. The minimum absolute atomic E-state index is 0.0180. The van der Waals surface area contributed by atoms with Crippen molar-refractivity contribution in [1.82, 2.24) is 4.90 Å². The van der Waals surface area contributed by atoms with Gasteiger partial charge in [0, 0.05) is 31.2 Å². The third-order valence-electron chi connectivity index (χ3n) is 6.44. The van der Waals surface area contributed by atoms with Crippen molar-refractivity contribution in [3.63, 3.8) is 0 Å². The summed E-state index contributed by atoms with van der Waals surface area (Å²) >= 11 is 0. The highest BCUT2D eigenvalue weighted by atomic mass is 19.1. The molecule has 2 aromatic rings. The Morgan fingerprint density at radius 3 is 2.29 bits per heavy atom. The van der Waals surface area contributed by atoms with Gasteiger partial charge in [-0.2, -0.15) is 0 Å². The largest absolute Gasteiger partial charge is 0.497 e. The number of aliphatic hydroxyl groups excluding tert-OH is 1. The van der Waals surface area contributed by atoms with Crippen LogP contribution >= 0.6 is 0 Å². The fraction of sp³-hybridized carbons (Fsp3) is 0.458. The Balaban J connectivity index is 1.47. The normalized spacial score (nSPS) is 22.9. The van der Waals surface area contributed by atoms with Crippen molar-refractivity contribution in [2.75, 3.05) is 20.2 Å². The highest BCUT2D eigenvalue weighted by Gasteiger charge is 2.46. The van der Waals surface area contributed by atoms with Crippen LogP contribution in [0.3, 0.4) is 0 Å². The van der Waals surface area contributed by atoms with Crippen molar-refractivity contribution < 1.29 is 28.2 Å². The number of piperidine rings is 1. The number of benzene rings is 2. The van der Waals surface area contributed by atoms with Crippen LogP contribution in [-0.4, -0.2) is 48.3 Å². The molecule has 2 aromatic carbocycles. The zero-order chi connectivity index (χ0) is 22.0. The van der Waals surface area contributed by atoms with Gasteiger partial charge in [-0.1, -0.05) is 25.0 Å². The smallest absolute Gasteiger partial charge is 0.233 e. The lowest BCUT2D eigenvalue weighted by atomic mass is 9.77. The minimum atomic E-state index is -0.946. The number of carbonyl (C=O) groups is 1. The molecule has 1 heterocycles. The van der Waals surface area contributed by atoms with Crippen LogP contribution in [0.1, 0.15) is 37.7 Å². The lowest BCUT2D eigenvalue weighted by Crippen LogP contribution is -2.55. The molecule has 4 rings (SSSR count). The van der Waals surface area contributed by atoms with Crippen LogP contribution in [0.4, 0.5) is 8.78 Å². The fourth-order valence-corrected chi connectivity index (χ4v) is 4.82. The van der Waals surface area contributed by atoms with Crippen molar-refractivity contribution in [1.29, 1.82) is 0 Å². The number of carbonyl (C=O) groups excluding carboxylic acids is 1. The van der Waals surface area contributed by atoms with Gasteiger partial charge in [-0.05, 0) is 30.5 Å². The van der Waals surface area contributed by atoms with Crippen LogP contribution in [0.25, 0.3) is 0 Å². The molecule has 1 amide bonds. The van der Waals surface area contributed by atoms with E-state index in [0.29, 0.717) is 13.0 Å². The predicted octanol–water partition coefficient (Wildman–Crippen LogP) is 3.83. The second-order valence-corrected chi connectivity index (χ2v) is 8.39. The topological polar surface area (TPSA) is 59.0 Å². The maximum atomic E-state index is 13.6. The average Bonchev–Trinajstić information content (AvgIpc) is 3.25. The summed E-state index contributed by atoms with van der Waals surface area (Å²) in [5, 5.41) is 10.6. The molecule has 5 nitrogen and oxygen atoms in total. The molecule has 1 saturated heterocycles. The van der Waals surface area contributed by atoms with E-state index in [9.17, 15) is 18.7 Å². The Morgan fingerprint density at radius 1 is 1.06 bits per heavy atom. The van der Waals surface area contributed by atoms with E-state index >= 15 is 0 Å². The Kier molecular flexibility index (Phi) is 6.14. The quantitative estimate of drug-likeness (QED) is 0.782. The Morgan fingerprint density at radius 2 is 1.71 bits per heavy atom. The van der Waals surface area contributed by atoms with Gasteiger partial charge in [0.1, 0.15) is 35.3 Å². The van der Waals surface area contributed by atoms with Gasteiger partial charge in [0.05, 0.1) is 19.1 Å². The molecule has 1 aliphatic heterocycles. The number of nitrogens with zero attached hydrogens (tertiary/aromatic N) is 1. The van der Waals surface area contributed by atoms with Gasteiger partial charge >= 0.3 is 0 Å². The van der Waals surface area contributed by atoms with Crippen molar-refractivity contribution in [3.8, 4) is 11.5 Å². The monoisotopic (exact) mass is 431 g/mol. The molecule has 0 bridgehead atoms. The summed E-state index contributed by atoms with van der Waals surface area (Å²) in [6.45, 7) is 0.537. The van der Waals surface area contributed by atoms with Gasteiger partial charge in [0.25, 0.3) is 0 Å². The molecule has 2 fully saturated rings. The first kappa shape index (κ1) is 21.6. The summed E-state index contributed by atoms with van der Waals surface area (Å²) in [5.41, 5.74) is 0.379. The van der Waals surface area contributed by atoms with E-state index < -0.39 is 29.3 Å². The third-order valence-corrected chi connectivity index (χ3v) is 6.44. The zero-order valence-electron chi connectivity index (χ0n) is 17.5. The number of hydrogen-bond acceptors (Lipinski definition) is 4. The zero-order valence-corrected chi connectivity index (χ0v) is 17.5. The maximum Gasteiger partial charge on any atom is 0.233 e. The molecule has 1 saturated carbocycles. The Labute approximate surface area is 180 Å². The van der Waals surface area contributed by atoms with Gasteiger partial charge in [-0.3, -0.25) is 4.79 Å². The summed E-state index contributed by atoms with van der Waals surface area (Å²) in [6, 6.07) is 10.6. The molecule has 166 valence electrons. The molecule has 2 atom stereocenters. The molecule has 0 aromatic heterocycles. The van der Waals surface area contributed by atoms with Crippen molar-refractivity contribution in [2.24, 2.45) is 0 Å². The number of hydrogen-bond donors (Lipinski definition) is 1. The van der Waals surface area contributed by atoms with Gasteiger partial charge < -0.3 is 19.5 Å². The number of methoxy groups -OCH3 is 1. The Hall–Kier alpha value is -2.67. The number of amides is 1. The fourth-order valence-electron chi connectivity index (χ4n) is 4.82. The first-order chi connectivity index (χ1) is 14.9. The molecule has 2 aliphatic rings. The van der Waals surface area contributed by atoms with Crippen LogP contribution in [0.2, 0.25) is 0 Å². The third kappa shape index (κ3) is 4.37. The molecule has 31 heavy (non-hydrogen) atoms. The van der Waals surface area contributed by atoms with E-state index in [4.69, 9.17) is 9.47 Å². The van der Waals surface area contributed by atoms with E-state index in [1.54, 1.807) is 12.0 Å². The summed E-state index contributed by atoms with van der Waals surface area (Å²) in [7, 11) is 1.61. The standard InChI is InChI=1S/C24H27F2NO4/c1-30-19-6-4-16(5-7-19)24(9-2-3-10-24)23(29)27-11-8-22(21(28)15-27)31-20-13-17(25)12-18(26)14-20/h4-7,12-14,21-22,28H,2-3,8-11,15H2,1H3/t21-,22-/m1/s1. The van der Waals surface area contributed by atoms with Gasteiger partial charge in [0.15, 0.2) is 0 Å². The van der Waals surface area contributed by atoms with Crippen molar-refractivity contribution in [2.45, 2.75) is 49.7 Å². The molecule has 0 unspecified atom stereocenters. The summed E-state index contributed by atoms with van der Waals surface area (Å²) in [4.78, 5) is 15.3. The highest BCUT2D eigenvalue weighted by molar-refractivity contribution is 5.89. The molecular weight excluding hydrogens is 404 g/mol. The molecule has 7 heteroatoms. The number of halogens is 2. The number of ether oxygens (including phenoxy) is 2. The van der Waals surface area contributed by atoms with Crippen LogP contribution in [0, 0.1) is 11.6 Å². The SMILES string of the molecule is COc1ccc(C2(C(=O)N3CC[C@@H](Oc4cc(F)cc(F)c4)[C@H](O)C3)CCCC2)cc1.